The number of nitrogens with two attached hydrogens (primary N) is 1. The van der Waals surface area contributed by atoms with Crippen LogP contribution in [0.25, 0.3) is 0 Å². The molecule has 0 spiro atoms. The number of aliphatic imine (C=N–C) groups is 1. The number of hydrazine groups is 1. The quantitative estimate of drug-likeness (QED) is 0.618. The fraction of sp³-hybridized carbons (Fsp3) is 0.300. The van der Waals surface area contributed by atoms with Gasteiger partial charge in [0.1, 0.15) is 0 Å². The zero-order chi connectivity index (χ0) is 11.1. The summed E-state index contributed by atoms with van der Waals surface area (Å²) in [5.41, 5.74) is 8.79. The average Bonchev–Trinajstić information content (AvgIpc) is 2.23. The second-order valence-electron chi connectivity index (χ2n) is 4.17. The molecule has 0 fully saturated rings. The van der Waals surface area contributed by atoms with E-state index in [0.29, 0.717) is 16.6 Å². The van der Waals surface area contributed by atoms with Crippen LogP contribution >= 0.6 is 0 Å². The van der Waals surface area contributed by atoms with Crippen molar-refractivity contribution in [1.29, 1.82) is 0 Å². The molecular formula is C10H13N4O-. The number of guanidine groups is 1. The number of hydroxylamine groups is 1. The Hall–Kier alpha value is -1.75. The lowest BCUT2D eigenvalue weighted by Crippen LogP contribution is -2.45. The Morgan fingerprint density at radius 3 is 3.00 bits per heavy atom. The van der Waals surface area contributed by atoms with E-state index in [1.54, 1.807) is 6.08 Å². The zero-order valence-corrected chi connectivity index (χ0v) is 8.69. The molecule has 5 heteroatoms. The van der Waals surface area contributed by atoms with Gasteiger partial charge in [-0.2, -0.15) is 0 Å². The summed E-state index contributed by atoms with van der Waals surface area (Å²) in [4.78, 5) is 4.06. The molecule has 1 heterocycles. The zero-order valence-electron chi connectivity index (χ0n) is 8.69. The lowest BCUT2D eigenvalue weighted by Gasteiger charge is -2.37. The van der Waals surface area contributed by atoms with Crippen molar-refractivity contribution in [3.05, 3.63) is 40.9 Å². The highest BCUT2D eigenvalue weighted by Crippen LogP contribution is 2.29. The molecule has 0 atom stereocenters. The summed E-state index contributed by atoms with van der Waals surface area (Å²) in [5, 5.41) is 12.2. The third-order valence-corrected chi connectivity index (χ3v) is 2.23. The van der Waals surface area contributed by atoms with Gasteiger partial charge >= 0.3 is 0 Å². The van der Waals surface area contributed by atoms with E-state index in [2.05, 4.69) is 10.4 Å². The molecule has 0 unspecified atom stereocenters. The molecule has 0 radical (unpaired) electrons. The molecule has 1 aliphatic carbocycles. The van der Waals surface area contributed by atoms with Gasteiger partial charge in [0.25, 0.3) is 0 Å². The van der Waals surface area contributed by atoms with E-state index in [-0.39, 0.29) is 11.4 Å². The van der Waals surface area contributed by atoms with Crippen LogP contribution in [0.4, 0.5) is 0 Å². The minimum Gasteiger partial charge on any atom is -0.739 e. The van der Waals surface area contributed by atoms with E-state index in [4.69, 9.17) is 5.73 Å². The average molecular weight is 205 g/mol. The summed E-state index contributed by atoms with van der Waals surface area (Å²) in [6, 6.07) is 0. The number of hydrogen-bond acceptors (Lipinski definition) is 5. The van der Waals surface area contributed by atoms with E-state index >= 15 is 0 Å². The molecule has 0 saturated heterocycles. The Morgan fingerprint density at radius 2 is 2.27 bits per heavy atom. The number of hydrogen-bond donors (Lipinski definition) is 2. The molecule has 0 amide bonds. The van der Waals surface area contributed by atoms with Gasteiger partial charge in [-0.15, -0.1) is 0 Å². The van der Waals surface area contributed by atoms with Crippen molar-refractivity contribution in [2.45, 2.75) is 13.8 Å². The van der Waals surface area contributed by atoms with Crippen molar-refractivity contribution in [3.8, 4) is 0 Å². The van der Waals surface area contributed by atoms with Crippen molar-refractivity contribution in [2.24, 2.45) is 16.1 Å². The maximum Gasteiger partial charge on any atom is 0.212 e. The minimum atomic E-state index is -0.167. The maximum absolute atomic E-state index is 11.6. The smallest absolute Gasteiger partial charge is 0.212 e. The second-order valence-corrected chi connectivity index (χ2v) is 4.17. The molecule has 0 aromatic rings. The van der Waals surface area contributed by atoms with E-state index < -0.39 is 0 Å². The molecule has 80 valence electrons. The third-order valence-electron chi connectivity index (χ3n) is 2.23. The van der Waals surface area contributed by atoms with Crippen molar-refractivity contribution >= 4 is 5.96 Å². The predicted molar refractivity (Wildman–Crippen MR) is 59.1 cm³/mol. The number of nitrogens with one attached hydrogen (secondary N) is 1. The molecule has 5 nitrogen and oxygen atoms in total. The van der Waals surface area contributed by atoms with Gasteiger partial charge in [0.15, 0.2) is 0 Å². The summed E-state index contributed by atoms with van der Waals surface area (Å²) in [5.74, 6) is 0.113. The molecule has 0 bridgehead atoms. The first-order valence-electron chi connectivity index (χ1n) is 4.69. The van der Waals surface area contributed by atoms with Gasteiger partial charge in [-0.1, -0.05) is 26.0 Å². The lowest BCUT2D eigenvalue weighted by atomic mass is 9.92. The van der Waals surface area contributed by atoms with E-state index in [9.17, 15) is 5.21 Å². The molecule has 2 rings (SSSR count). The Morgan fingerprint density at radius 1 is 1.53 bits per heavy atom. The van der Waals surface area contributed by atoms with Crippen molar-refractivity contribution < 1.29 is 0 Å². The molecule has 0 aromatic heterocycles. The van der Waals surface area contributed by atoms with Crippen LogP contribution in [0, 0.1) is 10.6 Å². The van der Waals surface area contributed by atoms with E-state index in [1.165, 1.54) is 0 Å². The maximum atomic E-state index is 11.6. The molecule has 2 aliphatic rings. The Balaban J connectivity index is 2.49. The lowest BCUT2D eigenvalue weighted by molar-refractivity contribution is 0.404. The number of fused-ring (bicyclic) bond motifs is 1. The normalized spacial score (nSPS) is 23.1. The Kier molecular flexibility index (Phi) is 2.04. The van der Waals surface area contributed by atoms with Gasteiger partial charge in [0, 0.05) is 5.41 Å². The van der Waals surface area contributed by atoms with Crippen molar-refractivity contribution in [3.63, 3.8) is 0 Å². The second kappa shape index (κ2) is 3.13. The van der Waals surface area contributed by atoms with Gasteiger partial charge in [-0.05, 0) is 12.2 Å². The summed E-state index contributed by atoms with van der Waals surface area (Å²) in [7, 11) is 0. The number of nitrogens with zero attached hydrogens (tertiary/aromatic N) is 2. The van der Waals surface area contributed by atoms with Crippen molar-refractivity contribution in [2.75, 3.05) is 0 Å². The topological polar surface area (TPSA) is 76.7 Å². The molecule has 1 aliphatic heterocycles. The monoisotopic (exact) mass is 205 g/mol. The SMILES string of the molecule is CC1(C)C=CC=C2N=C(N)NN([O-])C2=C1. The summed E-state index contributed by atoms with van der Waals surface area (Å²) >= 11 is 0. The van der Waals surface area contributed by atoms with Crippen LogP contribution in [0.3, 0.4) is 0 Å². The molecular weight excluding hydrogens is 192 g/mol. The van der Waals surface area contributed by atoms with Crippen LogP contribution in [0.15, 0.2) is 40.7 Å². The fourth-order valence-electron chi connectivity index (χ4n) is 1.52. The summed E-state index contributed by atoms with van der Waals surface area (Å²) < 4.78 is 0. The first kappa shape index (κ1) is 9.79. The molecule has 15 heavy (non-hydrogen) atoms. The van der Waals surface area contributed by atoms with Crippen LogP contribution in [-0.2, 0) is 0 Å². The van der Waals surface area contributed by atoms with Crippen LogP contribution < -0.4 is 11.2 Å². The number of rotatable bonds is 0. The third kappa shape index (κ3) is 1.87. The van der Waals surface area contributed by atoms with E-state index in [1.807, 2.05) is 32.1 Å². The van der Waals surface area contributed by atoms with Gasteiger partial charge in [0.2, 0.25) is 5.96 Å². The van der Waals surface area contributed by atoms with Gasteiger partial charge < -0.3 is 16.1 Å². The van der Waals surface area contributed by atoms with Crippen LogP contribution in [0.2, 0.25) is 0 Å². The largest absolute Gasteiger partial charge is 0.739 e. The molecule has 0 aromatic carbocycles. The minimum absolute atomic E-state index is 0.113. The Bertz CT molecular complexity index is 404. The summed E-state index contributed by atoms with van der Waals surface area (Å²) in [6.45, 7) is 4.03. The highest BCUT2D eigenvalue weighted by molar-refractivity contribution is 5.80. The predicted octanol–water partition coefficient (Wildman–Crippen LogP) is 0.983. The molecule has 0 saturated carbocycles. The van der Waals surface area contributed by atoms with Gasteiger partial charge in [-0.3, -0.25) is 5.43 Å². The highest BCUT2D eigenvalue weighted by atomic mass is 16.5. The number of allylic oxidation sites excluding steroid dienone is 4. The summed E-state index contributed by atoms with van der Waals surface area (Å²) in [6.07, 6.45) is 7.52. The van der Waals surface area contributed by atoms with Crippen LogP contribution in [-0.4, -0.2) is 11.1 Å². The fourth-order valence-corrected chi connectivity index (χ4v) is 1.52. The standard InChI is InChI=1S/C10H13N4O/c1-10(2)5-3-4-7-8(6-10)14(15)13-9(11)12-7/h3-6H,1-2H3,(H3,11,12,13)/q-1. The van der Waals surface area contributed by atoms with Crippen molar-refractivity contribution in [1.82, 2.24) is 10.6 Å². The first-order chi connectivity index (χ1) is 6.98. The van der Waals surface area contributed by atoms with Crippen LogP contribution in [0.5, 0.6) is 0 Å². The molecule has 3 N–H and O–H groups in total. The van der Waals surface area contributed by atoms with Crippen LogP contribution in [0.1, 0.15) is 13.8 Å². The first-order valence-corrected chi connectivity index (χ1v) is 4.69. The van der Waals surface area contributed by atoms with E-state index in [0.717, 1.165) is 0 Å². The Labute approximate surface area is 88.2 Å². The van der Waals surface area contributed by atoms with Gasteiger partial charge in [-0.25, -0.2) is 4.99 Å². The van der Waals surface area contributed by atoms with Gasteiger partial charge in [0.05, 0.1) is 11.4 Å². The highest BCUT2D eigenvalue weighted by Gasteiger charge is 2.20.